The van der Waals surface area contributed by atoms with E-state index >= 15 is 0 Å². The van der Waals surface area contributed by atoms with E-state index in [1.54, 1.807) is 11.3 Å². The molecule has 4 heteroatoms. The predicted octanol–water partition coefficient (Wildman–Crippen LogP) is 3.47. The van der Waals surface area contributed by atoms with Crippen LogP contribution in [0.25, 0.3) is 0 Å². The molecule has 1 heterocycles. The normalized spacial score (nSPS) is 19.2. The third-order valence-corrected chi connectivity index (χ3v) is 5.04. The van der Waals surface area contributed by atoms with Gasteiger partial charge in [0, 0.05) is 4.88 Å². The summed E-state index contributed by atoms with van der Waals surface area (Å²) in [5.41, 5.74) is 6.01. The molecule has 1 fully saturated rings. The van der Waals surface area contributed by atoms with Crippen LogP contribution in [0.15, 0.2) is 17.5 Å². The second-order valence-corrected chi connectivity index (χ2v) is 7.26. The van der Waals surface area contributed by atoms with Crippen molar-refractivity contribution in [3.05, 3.63) is 22.4 Å². The minimum atomic E-state index is -0.390. The monoisotopic (exact) mass is 294 g/mol. The largest absolute Gasteiger partial charge is 0.347 e. The SMILES string of the molecule is CC(C)CC(N)C(=O)NC(c1cccs1)C1CCCC1. The summed E-state index contributed by atoms with van der Waals surface area (Å²) in [7, 11) is 0. The van der Waals surface area contributed by atoms with E-state index in [0.29, 0.717) is 11.8 Å². The van der Waals surface area contributed by atoms with Crippen LogP contribution in [-0.4, -0.2) is 11.9 Å². The third-order valence-electron chi connectivity index (χ3n) is 4.08. The van der Waals surface area contributed by atoms with Crippen molar-refractivity contribution in [2.45, 2.75) is 58.0 Å². The van der Waals surface area contributed by atoms with E-state index in [9.17, 15) is 4.79 Å². The highest BCUT2D eigenvalue weighted by Crippen LogP contribution is 2.37. The van der Waals surface area contributed by atoms with Crippen LogP contribution in [0, 0.1) is 11.8 Å². The van der Waals surface area contributed by atoms with Crippen LogP contribution in [0.4, 0.5) is 0 Å². The standard InChI is InChI=1S/C16H26N2OS/c1-11(2)10-13(17)16(19)18-15(12-6-3-4-7-12)14-8-5-9-20-14/h5,8-9,11-13,15H,3-4,6-7,10,17H2,1-2H3,(H,18,19). The number of hydrogen-bond acceptors (Lipinski definition) is 3. The fourth-order valence-electron chi connectivity index (χ4n) is 3.06. The molecule has 3 N–H and O–H groups in total. The van der Waals surface area contributed by atoms with Crippen molar-refractivity contribution in [2.24, 2.45) is 17.6 Å². The second kappa shape index (κ2) is 7.23. The van der Waals surface area contributed by atoms with Crippen molar-refractivity contribution in [3.8, 4) is 0 Å². The van der Waals surface area contributed by atoms with E-state index in [4.69, 9.17) is 5.73 Å². The molecule has 0 bridgehead atoms. The molecule has 1 aliphatic rings. The molecule has 0 radical (unpaired) electrons. The van der Waals surface area contributed by atoms with Crippen LogP contribution in [-0.2, 0) is 4.79 Å². The van der Waals surface area contributed by atoms with Crippen molar-refractivity contribution in [1.29, 1.82) is 0 Å². The highest BCUT2D eigenvalue weighted by Gasteiger charge is 2.29. The Balaban J connectivity index is 2.02. The van der Waals surface area contributed by atoms with Gasteiger partial charge in [-0.15, -0.1) is 11.3 Å². The summed E-state index contributed by atoms with van der Waals surface area (Å²) in [6.07, 6.45) is 5.72. The molecule has 1 aromatic heterocycles. The van der Waals surface area contributed by atoms with Gasteiger partial charge in [0.25, 0.3) is 0 Å². The Morgan fingerprint density at radius 2 is 2.15 bits per heavy atom. The first-order chi connectivity index (χ1) is 9.58. The molecule has 1 aromatic rings. The van der Waals surface area contributed by atoms with E-state index < -0.39 is 0 Å². The van der Waals surface area contributed by atoms with E-state index in [0.717, 1.165) is 6.42 Å². The van der Waals surface area contributed by atoms with Gasteiger partial charge in [-0.05, 0) is 42.5 Å². The average molecular weight is 294 g/mol. The number of nitrogens with one attached hydrogen (secondary N) is 1. The summed E-state index contributed by atoms with van der Waals surface area (Å²) in [5, 5.41) is 5.29. The van der Waals surface area contributed by atoms with E-state index in [-0.39, 0.29) is 18.0 Å². The second-order valence-electron chi connectivity index (χ2n) is 6.28. The van der Waals surface area contributed by atoms with Gasteiger partial charge in [-0.2, -0.15) is 0 Å². The zero-order chi connectivity index (χ0) is 14.5. The lowest BCUT2D eigenvalue weighted by Gasteiger charge is -2.25. The molecule has 1 saturated carbocycles. The molecule has 0 aliphatic heterocycles. The highest BCUT2D eigenvalue weighted by atomic mass is 32.1. The summed E-state index contributed by atoms with van der Waals surface area (Å²) in [4.78, 5) is 13.6. The number of amides is 1. The lowest BCUT2D eigenvalue weighted by Crippen LogP contribution is -2.44. The van der Waals surface area contributed by atoms with Crippen LogP contribution < -0.4 is 11.1 Å². The van der Waals surface area contributed by atoms with Gasteiger partial charge in [0.15, 0.2) is 0 Å². The molecule has 112 valence electrons. The van der Waals surface area contributed by atoms with Crippen LogP contribution in [0.5, 0.6) is 0 Å². The first-order valence-corrected chi connectivity index (χ1v) is 8.55. The lowest BCUT2D eigenvalue weighted by molar-refractivity contribution is -0.123. The quantitative estimate of drug-likeness (QED) is 0.844. The van der Waals surface area contributed by atoms with Crippen molar-refractivity contribution < 1.29 is 4.79 Å². The summed E-state index contributed by atoms with van der Waals surface area (Å²) in [5.74, 6) is 1.02. The topological polar surface area (TPSA) is 55.1 Å². The predicted molar refractivity (Wildman–Crippen MR) is 84.6 cm³/mol. The number of thiophene rings is 1. The van der Waals surface area contributed by atoms with Crippen molar-refractivity contribution in [3.63, 3.8) is 0 Å². The molecular formula is C16H26N2OS. The molecule has 20 heavy (non-hydrogen) atoms. The molecule has 2 rings (SSSR count). The average Bonchev–Trinajstić information content (AvgIpc) is 3.07. The smallest absolute Gasteiger partial charge is 0.237 e. The van der Waals surface area contributed by atoms with E-state index in [1.165, 1.54) is 30.6 Å². The van der Waals surface area contributed by atoms with Crippen LogP contribution in [0.1, 0.15) is 56.9 Å². The Morgan fingerprint density at radius 1 is 1.45 bits per heavy atom. The number of nitrogens with two attached hydrogens (primary N) is 1. The summed E-state index contributed by atoms with van der Waals surface area (Å²) < 4.78 is 0. The minimum Gasteiger partial charge on any atom is -0.347 e. The van der Waals surface area contributed by atoms with Crippen LogP contribution >= 0.6 is 11.3 Å². The van der Waals surface area contributed by atoms with E-state index in [1.807, 2.05) is 0 Å². The molecule has 3 nitrogen and oxygen atoms in total. The Kier molecular flexibility index (Phi) is 5.61. The fraction of sp³-hybridized carbons (Fsp3) is 0.688. The van der Waals surface area contributed by atoms with Gasteiger partial charge in [0.05, 0.1) is 12.1 Å². The molecule has 0 saturated heterocycles. The number of carbonyl (C=O) groups is 1. The maximum Gasteiger partial charge on any atom is 0.237 e. The Labute approximate surface area is 125 Å². The van der Waals surface area contributed by atoms with Crippen molar-refractivity contribution >= 4 is 17.2 Å². The molecule has 1 aliphatic carbocycles. The van der Waals surface area contributed by atoms with Gasteiger partial charge >= 0.3 is 0 Å². The Morgan fingerprint density at radius 3 is 2.70 bits per heavy atom. The minimum absolute atomic E-state index is 0.00370. The fourth-order valence-corrected chi connectivity index (χ4v) is 3.92. The van der Waals surface area contributed by atoms with Crippen LogP contribution in [0.2, 0.25) is 0 Å². The van der Waals surface area contributed by atoms with Gasteiger partial charge < -0.3 is 11.1 Å². The first kappa shape index (κ1) is 15.5. The molecule has 0 aromatic carbocycles. The van der Waals surface area contributed by atoms with Crippen molar-refractivity contribution in [2.75, 3.05) is 0 Å². The molecule has 0 spiro atoms. The summed E-state index contributed by atoms with van der Waals surface area (Å²) in [6, 6.07) is 3.95. The first-order valence-electron chi connectivity index (χ1n) is 7.67. The zero-order valence-electron chi connectivity index (χ0n) is 12.5. The summed E-state index contributed by atoms with van der Waals surface area (Å²) in [6.45, 7) is 4.20. The number of hydrogen-bond donors (Lipinski definition) is 2. The Hall–Kier alpha value is -0.870. The lowest BCUT2D eigenvalue weighted by atomic mass is 9.95. The maximum absolute atomic E-state index is 12.3. The Bertz CT molecular complexity index is 410. The third kappa shape index (κ3) is 4.06. The number of carbonyl (C=O) groups excluding carboxylic acids is 1. The van der Waals surface area contributed by atoms with E-state index in [2.05, 4.69) is 36.7 Å². The zero-order valence-corrected chi connectivity index (χ0v) is 13.3. The molecule has 1 amide bonds. The van der Waals surface area contributed by atoms with Gasteiger partial charge in [0.2, 0.25) is 5.91 Å². The van der Waals surface area contributed by atoms with Gasteiger partial charge in [-0.1, -0.05) is 32.8 Å². The molecule has 2 unspecified atom stereocenters. The highest BCUT2D eigenvalue weighted by molar-refractivity contribution is 7.10. The maximum atomic E-state index is 12.3. The van der Waals surface area contributed by atoms with Crippen molar-refractivity contribution in [1.82, 2.24) is 5.32 Å². The van der Waals surface area contributed by atoms with Gasteiger partial charge in [0.1, 0.15) is 0 Å². The molecular weight excluding hydrogens is 268 g/mol. The molecule has 2 atom stereocenters. The van der Waals surface area contributed by atoms with Gasteiger partial charge in [-0.25, -0.2) is 0 Å². The summed E-state index contributed by atoms with van der Waals surface area (Å²) >= 11 is 1.73. The van der Waals surface area contributed by atoms with Gasteiger partial charge in [-0.3, -0.25) is 4.79 Å². The van der Waals surface area contributed by atoms with Crippen LogP contribution in [0.3, 0.4) is 0 Å². The number of rotatable bonds is 6.